The number of aromatic nitrogens is 2. The largest absolute Gasteiger partial charge is 0.351 e. The van der Waals surface area contributed by atoms with Crippen molar-refractivity contribution in [2.75, 3.05) is 4.90 Å². The molecule has 32 heavy (non-hydrogen) atoms. The number of hydrogen-bond donors (Lipinski definition) is 1. The lowest BCUT2D eigenvalue weighted by atomic mass is 9.96. The Morgan fingerprint density at radius 3 is 2.31 bits per heavy atom. The van der Waals surface area contributed by atoms with Crippen LogP contribution in [0.25, 0.3) is 5.69 Å². The summed E-state index contributed by atoms with van der Waals surface area (Å²) < 4.78 is 15.9. The Morgan fingerprint density at radius 1 is 0.906 bits per heavy atom. The summed E-state index contributed by atoms with van der Waals surface area (Å²) in [6.07, 6.45) is 1.80. The Kier molecular flexibility index (Phi) is 5.23. The maximum Gasteiger partial charge on any atom is 0.174 e. The van der Waals surface area contributed by atoms with E-state index in [0.29, 0.717) is 5.11 Å². The number of pyridine rings is 1. The SMILES string of the molecule is Cc1cc([C@@H]2[C@@H](c3ccccn3)NC(=S)N2c2ccc(F)cc2)c(C)n1-c1ccccc1. The second-order valence-corrected chi connectivity index (χ2v) is 8.36. The Bertz CT molecular complexity index is 1250. The zero-order valence-electron chi connectivity index (χ0n) is 17.9. The van der Waals surface area contributed by atoms with Crippen LogP contribution in [0.3, 0.4) is 0 Å². The molecule has 1 aliphatic heterocycles. The summed E-state index contributed by atoms with van der Waals surface area (Å²) in [4.78, 5) is 6.69. The highest BCUT2D eigenvalue weighted by Gasteiger charge is 2.42. The summed E-state index contributed by atoms with van der Waals surface area (Å²) in [6.45, 7) is 4.25. The van der Waals surface area contributed by atoms with Gasteiger partial charge in [0.25, 0.3) is 0 Å². The van der Waals surface area contributed by atoms with Crippen LogP contribution in [0.5, 0.6) is 0 Å². The molecule has 0 amide bonds. The fraction of sp³-hybridized carbons (Fsp3) is 0.154. The second kappa shape index (κ2) is 8.20. The first-order valence-corrected chi connectivity index (χ1v) is 11.0. The average molecular weight is 443 g/mol. The predicted octanol–water partition coefficient (Wildman–Crippen LogP) is 5.81. The maximum absolute atomic E-state index is 13.7. The molecule has 4 nitrogen and oxygen atoms in total. The third-order valence-corrected chi connectivity index (χ3v) is 6.32. The van der Waals surface area contributed by atoms with Crippen molar-refractivity contribution in [3.05, 3.63) is 114 Å². The lowest BCUT2D eigenvalue weighted by molar-refractivity contribution is 0.565. The molecule has 0 radical (unpaired) electrons. The molecule has 5 rings (SSSR count). The van der Waals surface area contributed by atoms with Gasteiger partial charge in [0.2, 0.25) is 0 Å². The lowest BCUT2D eigenvalue weighted by Gasteiger charge is -2.28. The number of hydrogen-bond acceptors (Lipinski definition) is 2. The van der Waals surface area contributed by atoms with Crippen molar-refractivity contribution in [3.63, 3.8) is 0 Å². The number of benzene rings is 2. The first kappa shape index (κ1) is 20.4. The summed E-state index contributed by atoms with van der Waals surface area (Å²) in [7, 11) is 0. The molecule has 1 saturated heterocycles. The summed E-state index contributed by atoms with van der Waals surface area (Å²) in [5.41, 5.74) is 6.30. The van der Waals surface area contributed by atoms with Crippen LogP contribution >= 0.6 is 12.2 Å². The first-order chi connectivity index (χ1) is 15.5. The van der Waals surface area contributed by atoms with Crippen LogP contribution in [0.1, 0.15) is 34.7 Å². The summed E-state index contributed by atoms with van der Waals surface area (Å²) in [6, 6.07) is 24.6. The van der Waals surface area contributed by atoms with Crippen LogP contribution in [-0.4, -0.2) is 14.7 Å². The molecular weight excluding hydrogens is 419 g/mol. The van der Waals surface area contributed by atoms with E-state index in [1.807, 2.05) is 36.4 Å². The number of thiocarbonyl (C=S) groups is 1. The van der Waals surface area contributed by atoms with Gasteiger partial charge in [0.1, 0.15) is 5.82 Å². The van der Waals surface area contributed by atoms with E-state index in [2.05, 4.69) is 51.8 Å². The zero-order chi connectivity index (χ0) is 22.2. The van der Waals surface area contributed by atoms with E-state index < -0.39 is 0 Å². The number of para-hydroxylation sites is 1. The van der Waals surface area contributed by atoms with Gasteiger partial charge in [-0.1, -0.05) is 24.3 Å². The quantitative estimate of drug-likeness (QED) is 0.405. The van der Waals surface area contributed by atoms with E-state index in [4.69, 9.17) is 12.2 Å². The maximum atomic E-state index is 13.7. The molecule has 6 heteroatoms. The summed E-state index contributed by atoms with van der Waals surface area (Å²) in [5.74, 6) is -0.271. The molecule has 1 aliphatic rings. The van der Waals surface area contributed by atoms with E-state index in [-0.39, 0.29) is 17.9 Å². The van der Waals surface area contributed by atoms with Gasteiger partial charge in [-0.15, -0.1) is 0 Å². The van der Waals surface area contributed by atoms with Gasteiger partial charge in [-0.25, -0.2) is 4.39 Å². The fourth-order valence-electron chi connectivity index (χ4n) is 4.61. The molecule has 0 spiro atoms. The Hall–Kier alpha value is -3.51. The Morgan fingerprint density at radius 2 is 1.62 bits per heavy atom. The molecule has 1 fully saturated rings. The van der Waals surface area contributed by atoms with E-state index in [1.54, 1.807) is 18.3 Å². The molecule has 2 atom stereocenters. The Balaban J connectivity index is 1.68. The van der Waals surface area contributed by atoms with E-state index in [1.165, 1.54) is 12.1 Å². The minimum absolute atomic E-state index is 0.133. The second-order valence-electron chi connectivity index (χ2n) is 7.97. The highest BCUT2D eigenvalue weighted by atomic mass is 32.1. The summed E-state index contributed by atoms with van der Waals surface area (Å²) >= 11 is 5.77. The molecule has 2 aromatic heterocycles. The third kappa shape index (κ3) is 3.46. The molecule has 0 saturated carbocycles. The normalized spacial score (nSPS) is 18.1. The van der Waals surface area contributed by atoms with Crippen molar-refractivity contribution >= 4 is 23.0 Å². The lowest BCUT2D eigenvalue weighted by Crippen LogP contribution is -2.29. The zero-order valence-corrected chi connectivity index (χ0v) is 18.7. The molecule has 0 bridgehead atoms. The van der Waals surface area contributed by atoms with Crippen molar-refractivity contribution < 1.29 is 4.39 Å². The number of halogens is 1. The minimum atomic E-state index is -0.271. The van der Waals surface area contributed by atoms with Crippen molar-refractivity contribution in [2.45, 2.75) is 25.9 Å². The van der Waals surface area contributed by atoms with Gasteiger partial charge >= 0.3 is 0 Å². The molecular formula is C26H23FN4S. The van der Waals surface area contributed by atoms with Crippen molar-refractivity contribution in [2.24, 2.45) is 0 Å². The fourth-order valence-corrected chi connectivity index (χ4v) is 4.96. The van der Waals surface area contributed by atoms with Gasteiger partial charge < -0.3 is 14.8 Å². The molecule has 4 aromatic rings. The molecule has 160 valence electrons. The van der Waals surface area contributed by atoms with Gasteiger partial charge in [0.15, 0.2) is 5.11 Å². The number of rotatable bonds is 4. The van der Waals surface area contributed by atoms with Gasteiger partial charge in [-0.3, -0.25) is 4.98 Å². The number of nitrogens with one attached hydrogen (secondary N) is 1. The van der Waals surface area contributed by atoms with Gasteiger partial charge in [-0.2, -0.15) is 0 Å². The van der Waals surface area contributed by atoms with Gasteiger partial charge in [-0.05, 0) is 86.2 Å². The van der Waals surface area contributed by atoms with Crippen LogP contribution in [-0.2, 0) is 0 Å². The van der Waals surface area contributed by atoms with Gasteiger partial charge in [0.05, 0.1) is 17.8 Å². The molecule has 2 aromatic carbocycles. The third-order valence-electron chi connectivity index (χ3n) is 6.01. The molecule has 1 N–H and O–H groups in total. The van der Waals surface area contributed by atoms with Crippen LogP contribution in [0.4, 0.5) is 10.1 Å². The molecule has 0 unspecified atom stereocenters. The molecule has 0 aliphatic carbocycles. The predicted molar refractivity (Wildman–Crippen MR) is 130 cm³/mol. The van der Waals surface area contributed by atoms with Crippen LogP contribution in [0, 0.1) is 19.7 Å². The number of nitrogens with zero attached hydrogens (tertiary/aromatic N) is 3. The Labute approximate surface area is 192 Å². The smallest absolute Gasteiger partial charge is 0.174 e. The van der Waals surface area contributed by atoms with Crippen LogP contribution < -0.4 is 10.2 Å². The minimum Gasteiger partial charge on any atom is -0.351 e. The topological polar surface area (TPSA) is 33.1 Å². The van der Waals surface area contributed by atoms with Crippen molar-refractivity contribution in [3.8, 4) is 5.69 Å². The van der Waals surface area contributed by atoms with Crippen LogP contribution in [0.2, 0.25) is 0 Å². The average Bonchev–Trinajstić information content (AvgIpc) is 3.31. The standard InChI is InChI=1S/C26H23FN4S/c1-17-16-22(18(2)30(17)20-8-4-3-5-9-20)25-24(23-10-6-7-15-28-23)29-26(32)31(25)21-13-11-19(27)12-14-21/h3-16,24-25H,1-2H3,(H,29,32)/t24-,25-/m1/s1. The monoisotopic (exact) mass is 442 g/mol. The van der Waals surface area contributed by atoms with E-state index in [9.17, 15) is 4.39 Å². The first-order valence-electron chi connectivity index (χ1n) is 10.5. The number of anilines is 1. The number of aryl methyl sites for hydroxylation is 1. The summed E-state index contributed by atoms with van der Waals surface area (Å²) in [5, 5.41) is 4.07. The highest BCUT2D eigenvalue weighted by molar-refractivity contribution is 7.80. The van der Waals surface area contributed by atoms with Crippen LogP contribution in [0.15, 0.2) is 85.1 Å². The van der Waals surface area contributed by atoms with Crippen molar-refractivity contribution in [1.82, 2.24) is 14.9 Å². The van der Waals surface area contributed by atoms with E-state index in [0.717, 1.165) is 34.0 Å². The van der Waals surface area contributed by atoms with E-state index >= 15 is 0 Å². The van der Waals surface area contributed by atoms with Gasteiger partial charge in [0, 0.05) is 29.0 Å². The van der Waals surface area contributed by atoms with Crippen molar-refractivity contribution in [1.29, 1.82) is 0 Å². The highest BCUT2D eigenvalue weighted by Crippen LogP contribution is 2.43. The molecule has 3 heterocycles.